The normalized spacial score (nSPS) is 18.2. The maximum atomic E-state index is 13.1. The predicted molar refractivity (Wildman–Crippen MR) is 77.7 cm³/mol. The molecule has 22 heavy (non-hydrogen) atoms. The van der Waals surface area contributed by atoms with Crippen molar-refractivity contribution >= 4 is 11.6 Å². The molecule has 0 bridgehead atoms. The molecule has 1 saturated heterocycles. The number of benzene rings is 1. The van der Waals surface area contributed by atoms with Crippen LogP contribution in [0.4, 0.5) is 14.5 Å². The molecule has 1 aliphatic rings. The summed E-state index contributed by atoms with van der Waals surface area (Å²) in [6.07, 6.45) is 3.84. The van der Waals surface area contributed by atoms with E-state index in [4.69, 9.17) is 0 Å². The molecule has 1 aromatic carbocycles. The topological polar surface area (TPSA) is 59.0 Å². The molecule has 116 valence electrons. The molecule has 1 aliphatic heterocycles. The minimum Gasteiger partial charge on any atom is -0.320 e. The summed E-state index contributed by atoms with van der Waals surface area (Å²) < 4.78 is 27.8. The van der Waals surface area contributed by atoms with Crippen LogP contribution in [0.15, 0.2) is 30.5 Å². The Morgan fingerprint density at radius 3 is 2.91 bits per heavy atom. The fraction of sp³-hybridized carbons (Fsp3) is 0.333. The van der Waals surface area contributed by atoms with Crippen molar-refractivity contribution in [1.82, 2.24) is 15.1 Å². The molecule has 5 nitrogen and oxygen atoms in total. The largest absolute Gasteiger partial charge is 0.320 e. The van der Waals surface area contributed by atoms with Crippen molar-refractivity contribution in [3.8, 4) is 0 Å². The molecule has 2 aromatic rings. The minimum atomic E-state index is -1.00. The Bertz CT molecular complexity index is 680. The summed E-state index contributed by atoms with van der Waals surface area (Å²) in [5.74, 6) is -2.41. The number of nitrogens with one attached hydrogen (secondary N) is 2. The molecule has 1 unspecified atom stereocenters. The number of nitrogens with zero attached hydrogens (tertiary/aromatic N) is 2. The average Bonchev–Trinajstić information content (AvgIpc) is 3.02. The van der Waals surface area contributed by atoms with Gasteiger partial charge in [-0.05, 0) is 37.6 Å². The number of carbonyl (C=O) groups is 1. The van der Waals surface area contributed by atoms with Crippen LogP contribution in [-0.2, 0) is 0 Å². The third-order valence-electron chi connectivity index (χ3n) is 3.66. The van der Waals surface area contributed by atoms with Crippen LogP contribution >= 0.6 is 0 Å². The van der Waals surface area contributed by atoms with Crippen LogP contribution in [0.2, 0.25) is 0 Å². The van der Waals surface area contributed by atoms with E-state index >= 15 is 0 Å². The number of rotatable bonds is 3. The summed E-state index contributed by atoms with van der Waals surface area (Å²) in [5.41, 5.74) is 0.438. The van der Waals surface area contributed by atoms with Crippen molar-refractivity contribution < 1.29 is 13.6 Å². The first kappa shape index (κ1) is 14.6. The highest BCUT2D eigenvalue weighted by molar-refractivity contribution is 6.02. The second kappa shape index (κ2) is 6.23. The van der Waals surface area contributed by atoms with Crippen molar-refractivity contribution in [3.63, 3.8) is 0 Å². The summed E-state index contributed by atoms with van der Waals surface area (Å²) in [6, 6.07) is 5.06. The Balaban J connectivity index is 1.69. The molecule has 0 aliphatic carbocycles. The van der Waals surface area contributed by atoms with E-state index in [1.54, 1.807) is 16.9 Å². The smallest absolute Gasteiger partial charge is 0.276 e. The second-order valence-corrected chi connectivity index (χ2v) is 5.26. The van der Waals surface area contributed by atoms with E-state index in [9.17, 15) is 13.6 Å². The number of hydrogen-bond donors (Lipinski definition) is 2. The van der Waals surface area contributed by atoms with Gasteiger partial charge in [0.25, 0.3) is 5.91 Å². The number of carbonyl (C=O) groups excluding carboxylic acids is 1. The molecule has 2 N–H and O–H groups in total. The van der Waals surface area contributed by atoms with Crippen LogP contribution in [-0.4, -0.2) is 28.8 Å². The molecule has 1 atom stereocenters. The number of anilines is 1. The van der Waals surface area contributed by atoms with E-state index in [1.807, 2.05) is 0 Å². The first-order valence-electron chi connectivity index (χ1n) is 7.16. The van der Waals surface area contributed by atoms with E-state index < -0.39 is 17.5 Å². The molecule has 0 radical (unpaired) electrons. The SMILES string of the molecule is O=C(Nc1ccc(F)c(F)c1)c1ccn(C2CCCNC2)n1. The van der Waals surface area contributed by atoms with Crippen molar-refractivity contribution in [2.45, 2.75) is 18.9 Å². The standard InChI is InChI=1S/C15H16F2N4O/c16-12-4-3-10(8-13(12)17)19-15(22)14-5-7-21(20-14)11-2-1-6-18-9-11/h3-5,7-8,11,18H,1-2,6,9H2,(H,19,22). The van der Waals surface area contributed by atoms with E-state index in [0.29, 0.717) is 0 Å². The van der Waals surface area contributed by atoms with Crippen molar-refractivity contribution in [1.29, 1.82) is 0 Å². The quantitative estimate of drug-likeness (QED) is 0.915. The zero-order valence-corrected chi connectivity index (χ0v) is 11.9. The van der Waals surface area contributed by atoms with Gasteiger partial charge in [-0.3, -0.25) is 9.48 Å². The van der Waals surface area contributed by atoms with Crippen molar-refractivity contribution in [3.05, 3.63) is 47.8 Å². The van der Waals surface area contributed by atoms with Gasteiger partial charge in [0.1, 0.15) is 0 Å². The number of piperidine rings is 1. The van der Waals surface area contributed by atoms with Gasteiger partial charge in [0.2, 0.25) is 0 Å². The molecule has 1 aromatic heterocycles. The van der Waals surface area contributed by atoms with Gasteiger partial charge in [-0.2, -0.15) is 5.10 Å². The third kappa shape index (κ3) is 3.14. The molecule has 1 amide bonds. The minimum absolute atomic E-state index is 0.192. The summed E-state index contributed by atoms with van der Waals surface area (Å²) >= 11 is 0. The van der Waals surface area contributed by atoms with E-state index in [-0.39, 0.29) is 17.4 Å². The van der Waals surface area contributed by atoms with Gasteiger partial charge in [-0.25, -0.2) is 8.78 Å². The Hall–Kier alpha value is -2.28. The van der Waals surface area contributed by atoms with Gasteiger partial charge in [0, 0.05) is 24.5 Å². The first-order valence-corrected chi connectivity index (χ1v) is 7.16. The van der Waals surface area contributed by atoms with Gasteiger partial charge in [0.15, 0.2) is 17.3 Å². The molecule has 0 saturated carbocycles. The molecule has 1 fully saturated rings. The summed E-state index contributed by atoms with van der Waals surface area (Å²) in [7, 11) is 0. The zero-order valence-electron chi connectivity index (χ0n) is 11.9. The monoisotopic (exact) mass is 306 g/mol. The Labute approximate surface area is 126 Å². The maximum Gasteiger partial charge on any atom is 0.276 e. The van der Waals surface area contributed by atoms with E-state index in [1.165, 1.54) is 6.07 Å². The fourth-order valence-electron chi connectivity index (χ4n) is 2.49. The van der Waals surface area contributed by atoms with Crippen LogP contribution in [0.25, 0.3) is 0 Å². The zero-order chi connectivity index (χ0) is 15.5. The first-order chi connectivity index (χ1) is 10.6. The second-order valence-electron chi connectivity index (χ2n) is 5.26. The highest BCUT2D eigenvalue weighted by Gasteiger charge is 2.18. The summed E-state index contributed by atoms with van der Waals surface area (Å²) in [5, 5.41) is 10.1. The lowest BCUT2D eigenvalue weighted by atomic mass is 10.1. The lowest BCUT2D eigenvalue weighted by Gasteiger charge is -2.22. The van der Waals surface area contributed by atoms with E-state index in [2.05, 4.69) is 15.7 Å². The lowest BCUT2D eigenvalue weighted by molar-refractivity contribution is 0.102. The third-order valence-corrected chi connectivity index (χ3v) is 3.66. The number of halogens is 2. The summed E-state index contributed by atoms with van der Waals surface area (Å²) in [4.78, 5) is 12.1. The number of hydrogen-bond acceptors (Lipinski definition) is 3. The summed E-state index contributed by atoms with van der Waals surface area (Å²) in [6.45, 7) is 1.83. The number of amides is 1. The maximum absolute atomic E-state index is 13.1. The highest BCUT2D eigenvalue weighted by atomic mass is 19.2. The van der Waals surface area contributed by atoms with Gasteiger partial charge in [0.05, 0.1) is 6.04 Å². The molecule has 2 heterocycles. The molecular weight excluding hydrogens is 290 g/mol. The van der Waals surface area contributed by atoms with Gasteiger partial charge >= 0.3 is 0 Å². The fourth-order valence-corrected chi connectivity index (χ4v) is 2.49. The molecule has 7 heteroatoms. The molecular formula is C15H16F2N4O. The Morgan fingerprint density at radius 2 is 2.18 bits per heavy atom. The van der Waals surface area contributed by atoms with Crippen LogP contribution in [0.1, 0.15) is 29.4 Å². The lowest BCUT2D eigenvalue weighted by Crippen LogP contribution is -2.32. The van der Waals surface area contributed by atoms with Crippen LogP contribution in [0, 0.1) is 11.6 Å². The van der Waals surface area contributed by atoms with Crippen LogP contribution in [0.3, 0.4) is 0 Å². The van der Waals surface area contributed by atoms with Crippen molar-refractivity contribution in [2.24, 2.45) is 0 Å². The Morgan fingerprint density at radius 1 is 1.32 bits per heavy atom. The molecule has 3 rings (SSSR count). The van der Waals surface area contributed by atoms with Gasteiger partial charge in [-0.1, -0.05) is 0 Å². The number of aromatic nitrogens is 2. The van der Waals surface area contributed by atoms with E-state index in [0.717, 1.165) is 38.1 Å². The Kier molecular flexibility index (Phi) is 4.15. The highest BCUT2D eigenvalue weighted by Crippen LogP contribution is 2.17. The molecule has 0 spiro atoms. The van der Waals surface area contributed by atoms with Gasteiger partial charge in [-0.15, -0.1) is 0 Å². The van der Waals surface area contributed by atoms with Gasteiger partial charge < -0.3 is 10.6 Å². The average molecular weight is 306 g/mol. The van der Waals surface area contributed by atoms with Crippen LogP contribution < -0.4 is 10.6 Å². The van der Waals surface area contributed by atoms with Crippen LogP contribution in [0.5, 0.6) is 0 Å². The van der Waals surface area contributed by atoms with Crippen molar-refractivity contribution in [2.75, 3.05) is 18.4 Å². The predicted octanol–water partition coefficient (Wildman–Crippen LogP) is 2.34.